The van der Waals surface area contributed by atoms with Crippen LogP contribution in [0.4, 0.5) is 17.1 Å². The van der Waals surface area contributed by atoms with Gasteiger partial charge in [0.05, 0.1) is 11.4 Å². The van der Waals surface area contributed by atoms with Gasteiger partial charge in [0, 0.05) is 11.1 Å². The Kier molecular flexibility index (Phi) is 3.49. The van der Waals surface area contributed by atoms with Crippen molar-refractivity contribution in [3.05, 3.63) is 83.9 Å². The zero-order valence-electron chi connectivity index (χ0n) is 14.5. The normalized spacial score (nSPS) is 14.7. The largest absolute Gasteiger partial charge is 0.310 e. The van der Waals surface area contributed by atoms with Crippen molar-refractivity contribution in [2.75, 3.05) is 4.90 Å². The van der Waals surface area contributed by atoms with Crippen molar-refractivity contribution in [1.29, 1.82) is 0 Å². The van der Waals surface area contributed by atoms with Crippen LogP contribution in [0.1, 0.15) is 25.0 Å². The third kappa shape index (κ3) is 2.17. The third-order valence-electron chi connectivity index (χ3n) is 5.12. The van der Waals surface area contributed by atoms with Crippen molar-refractivity contribution in [2.45, 2.75) is 26.1 Å². The van der Waals surface area contributed by atoms with Gasteiger partial charge in [-0.3, -0.25) is 0 Å². The number of benzene rings is 3. The van der Waals surface area contributed by atoms with E-state index in [2.05, 4.69) is 106 Å². The molecule has 4 rings (SSSR count). The zero-order valence-corrected chi connectivity index (χ0v) is 14.5. The lowest BCUT2D eigenvalue weighted by Gasteiger charge is -2.42. The first kappa shape index (κ1) is 15.1. The van der Waals surface area contributed by atoms with Gasteiger partial charge in [0.25, 0.3) is 0 Å². The van der Waals surface area contributed by atoms with Crippen molar-refractivity contribution < 1.29 is 0 Å². The Hall–Kier alpha value is -2.48. The molecule has 0 saturated heterocycles. The van der Waals surface area contributed by atoms with E-state index in [1.807, 2.05) is 0 Å². The van der Waals surface area contributed by atoms with E-state index in [9.17, 15) is 0 Å². The second-order valence-electron chi connectivity index (χ2n) is 6.87. The highest BCUT2D eigenvalue weighted by molar-refractivity contribution is 6.51. The Balaban J connectivity index is 1.97. The van der Waals surface area contributed by atoms with Crippen LogP contribution in [-0.2, 0) is 5.41 Å². The van der Waals surface area contributed by atoms with Crippen LogP contribution in [0.2, 0.25) is 6.82 Å². The predicted octanol–water partition coefficient (Wildman–Crippen LogP) is 5.17. The summed E-state index contributed by atoms with van der Waals surface area (Å²) in [5.74, 6) is 0. The third-order valence-corrected chi connectivity index (χ3v) is 5.12. The molecule has 0 amide bonds. The molecule has 1 heterocycles. The van der Waals surface area contributed by atoms with E-state index in [-0.39, 0.29) is 5.41 Å². The fourth-order valence-electron chi connectivity index (χ4n) is 3.76. The molecule has 2 heteroatoms. The summed E-state index contributed by atoms with van der Waals surface area (Å²) in [6, 6.07) is 26.3. The van der Waals surface area contributed by atoms with Crippen molar-refractivity contribution in [3.63, 3.8) is 0 Å². The first-order valence-electron chi connectivity index (χ1n) is 8.51. The number of para-hydroxylation sites is 2. The van der Waals surface area contributed by atoms with E-state index < -0.39 is 0 Å². The van der Waals surface area contributed by atoms with Crippen LogP contribution < -0.4 is 10.4 Å². The first-order chi connectivity index (χ1) is 11.6. The molecule has 1 aliphatic rings. The Morgan fingerprint density at radius 3 is 1.71 bits per heavy atom. The summed E-state index contributed by atoms with van der Waals surface area (Å²) >= 11 is 0. The van der Waals surface area contributed by atoms with E-state index in [4.69, 9.17) is 0 Å². The van der Waals surface area contributed by atoms with Gasteiger partial charge in [0.1, 0.15) is 7.28 Å². The van der Waals surface area contributed by atoms with Crippen LogP contribution in [0.5, 0.6) is 0 Å². The lowest BCUT2D eigenvalue weighted by molar-refractivity contribution is 0.632. The van der Waals surface area contributed by atoms with Gasteiger partial charge >= 0.3 is 0 Å². The van der Waals surface area contributed by atoms with Crippen molar-refractivity contribution in [1.82, 2.24) is 0 Å². The molecule has 1 nitrogen and oxygen atoms in total. The van der Waals surface area contributed by atoms with E-state index >= 15 is 0 Å². The second-order valence-corrected chi connectivity index (χ2v) is 6.87. The van der Waals surface area contributed by atoms with Gasteiger partial charge in [-0.05, 0) is 35.4 Å². The summed E-state index contributed by atoms with van der Waals surface area (Å²) in [7, 11) is 2.13. The standard InChI is InChI=1S/C22H21BN/c1-22(2)18-8-4-6-10-20(18)24(21-11-7-5-9-19(21)22)17-14-12-16(23-3)13-15-17/h4-15H,1-3H3. The Bertz CT molecular complexity index is 831. The van der Waals surface area contributed by atoms with E-state index in [1.54, 1.807) is 0 Å². The molecule has 0 N–H and O–H groups in total. The molecule has 3 aromatic rings. The van der Waals surface area contributed by atoms with Gasteiger partial charge < -0.3 is 4.90 Å². The molecular weight excluding hydrogens is 289 g/mol. The van der Waals surface area contributed by atoms with Crippen LogP contribution >= 0.6 is 0 Å². The molecule has 1 aliphatic heterocycles. The minimum Gasteiger partial charge on any atom is -0.310 e. The van der Waals surface area contributed by atoms with Gasteiger partial charge in [-0.2, -0.15) is 0 Å². The monoisotopic (exact) mass is 310 g/mol. The number of hydrogen-bond acceptors (Lipinski definition) is 1. The summed E-state index contributed by atoms with van der Waals surface area (Å²) in [6.07, 6.45) is 0. The smallest absolute Gasteiger partial charge is 0.148 e. The summed E-state index contributed by atoms with van der Waals surface area (Å²) in [4.78, 5) is 2.38. The molecule has 24 heavy (non-hydrogen) atoms. The van der Waals surface area contributed by atoms with Crippen LogP contribution in [0, 0.1) is 0 Å². The number of nitrogens with zero attached hydrogens (tertiary/aromatic N) is 1. The van der Waals surface area contributed by atoms with Gasteiger partial charge in [0.2, 0.25) is 0 Å². The average Bonchev–Trinajstić information content (AvgIpc) is 2.63. The highest BCUT2D eigenvalue weighted by Gasteiger charge is 2.36. The first-order valence-corrected chi connectivity index (χ1v) is 8.51. The second kappa shape index (κ2) is 5.56. The van der Waals surface area contributed by atoms with E-state index in [1.165, 1.54) is 33.7 Å². The van der Waals surface area contributed by atoms with Gasteiger partial charge in [-0.25, -0.2) is 0 Å². The molecule has 0 atom stereocenters. The molecule has 0 saturated carbocycles. The minimum absolute atomic E-state index is 0.000817. The van der Waals surface area contributed by atoms with Crippen molar-refractivity contribution in [3.8, 4) is 0 Å². The zero-order chi connectivity index (χ0) is 16.7. The molecule has 0 unspecified atom stereocenters. The van der Waals surface area contributed by atoms with Gasteiger partial charge in [-0.1, -0.05) is 74.7 Å². The Morgan fingerprint density at radius 1 is 0.708 bits per heavy atom. The number of anilines is 3. The molecule has 117 valence electrons. The molecule has 0 spiro atoms. The maximum absolute atomic E-state index is 2.38. The van der Waals surface area contributed by atoms with E-state index in [0.717, 1.165) is 0 Å². The summed E-state index contributed by atoms with van der Waals surface area (Å²) < 4.78 is 0. The summed E-state index contributed by atoms with van der Waals surface area (Å²) in [5, 5.41) is 0. The lowest BCUT2D eigenvalue weighted by atomic mass is 9.72. The number of hydrogen-bond donors (Lipinski definition) is 0. The quantitative estimate of drug-likeness (QED) is 0.590. The molecule has 3 aromatic carbocycles. The minimum atomic E-state index is 0.000817. The Morgan fingerprint density at radius 2 is 1.21 bits per heavy atom. The molecular formula is C22H21BN. The highest BCUT2D eigenvalue weighted by atomic mass is 15.2. The van der Waals surface area contributed by atoms with Gasteiger partial charge in [0.15, 0.2) is 0 Å². The topological polar surface area (TPSA) is 3.24 Å². The van der Waals surface area contributed by atoms with Crippen LogP contribution in [0.15, 0.2) is 72.8 Å². The molecule has 0 fully saturated rings. The number of fused-ring (bicyclic) bond motifs is 2. The molecule has 0 bridgehead atoms. The van der Waals surface area contributed by atoms with Crippen LogP contribution in [0.25, 0.3) is 0 Å². The summed E-state index contributed by atoms with van der Waals surface area (Å²) in [6.45, 7) is 6.71. The van der Waals surface area contributed by atoms with E-state index in [0.29, 0.717) is 0 Å². The van der Waals surface area contributed by atoms with Crippen LogP contribution in [0.3, 0.4) is 0 Å². The Labute approximate surface area is 145 Å². The molecule has 0 aromatic heterocycles. The van der Waals surface area contributed by atoms with Crippen molar-refractivity contribution >= 4 is 29.8 Å². The highest BCUT2D eigenvalue weighted by Crippen LogP contribution is 2.51. The molecule has 0 aliphatic carbocycles. The van der Waals surface area contributed by atoms with Crippen molar-refractivity contribution in [2.24, 2.45) is 0 Å². The van der Waals surface area contributed by atoms with Gasteiger partial charge in [-0.15, -0.1) is 0 Å². The lowest BCUT2D eigenvalue weighted by Crippen LogP contribution is -2.30. The number of rotatable bonds is 2. The predicted molar refractivity (Wildman–Crippen MR) is 105 cm³/mol. The summed E-state index contributed by atoms with van der Waals surface area (Å²) in [5.41, 5.74) is 7.74. The fraction of sp³-hybridized carbons (Fsp3) is 0.182. The maximum atomic E-state index is 2.38. The average molecular weight is 310 g/mol. The maximum Gasteiger partial charge on any atom is 0.148 e. The fourth-order valence-corrected chi connectivity index (χ4v) is 3.76. The SMILES string of the molecule is C[B]c1ccc(N2c3ccccc3C(C)(C)c3ccccc32)cc1. The van der Waals surface area contributed by atoms with Crippen LogP contribution in [-0.4, -0.2) is 7.28 Å². The molecule has 1 radical (unpaired) electrons.